The maximum atomic E-state index is 5.40. The van der Waals surface area contributed by atoms with Crippen LogP contribution >= 0.6 is 11.3 Å². The molecule has 13 rings (SSSR count). The van der Waals surface area contributed by atoms with Crippen molar-refractivity contribution in [2.75, 3.05) is 0 Å². The van der Waals surface area contributed by atoms with Crippen LogP contribution in [0.3, 0.4) is 0 Å². The van der Waals surface area contributed by atoms with Gasteiger partial charge in [-0.3, -0.25) is 0 Å². The topological polar surface area (TPSA) is 56.5 Å². The summed E-state index contributed by atoms with van der Waals surface area (Å²) in [6, 6.07) is 74.9. The molecule has 0 atom stereocenters. The minimum absolute atomic E-state index is 0.619. The standard InChI is InChI=1S/C58H35N5S/c1-4-14-37(15-5-1)55-46-31-33-52-54(45-21-11-13-23-51(45)64-52)53(46)44-30-28-40(35-48(44)59-55)36-24-26-39(27-25-36)57-60-56(38-16-6-2-7-17-38)61-58(62-57)41-29-32-50-47(34-41)43-20-10-12-22-49(43)63(50)42-18-8-3-9-19-42/h1-35H. The molecule has 0 saturated heterocycles. The van der Waals surface area contributed by atoms with Gasteiger partial charge in [0.15, 0.2) is 17.5 Å². The Morgan fingerprint density at radius 2 is 0.875 bits per heavy atom. The highest BCUT2D eigenvalue weighted by Crippen LogP contribution is 2.44. The number of hydrogen-bond acceptors (Lipinski definition) is 5. The Labute approximate surface area is 372 Å². The molecule has 9 aromatic carbocycles. The molecule has 0 fully saturated rings. The van der Waals surface area contributed by atoms with Crippen LogP contribution in [0.25, 0.3) is 126 Å². The van der Waals surface area contributed by atoms with E-state index in [9.17, 15) is 0 Å². The van der Waals surface area contributed by atoms with Gasteiger partial charge < -0.3 is 4.57 Å². The van der Waals surface area contributed by atoms with Gasteiger partial charge in [-0.05, 0) is 65.7 Å². The van der Waals surface area contributed by atoms with Crippen molar-refractivity contribution in [1.82, 2.24) is 24.5 Å². The summed E-state index contributed by atoms with van der Waals surface area (Å²) in [5, 5.41) is 8.47. The number of thiophene rings is 1. The minimum atomic E-state index is 0.619. The van der Waals surface area contributed by atoms with E-state index in [0.717, 1.165) is 77.5 Å². The van der Waals surface area contributed by atoms with Gasteiger partial charge in [-0.25, -0.2) is 19.9 Å². The van der Waals surface area contributed by atoms with Crippen molar-refractivity contribution < 1.29 is 0 Å². The quantitative estimate of drug-likeness (QED) is 0.157. The average Bonchev–Trinajstić information content (AvgIpc) is 3.92. The van der Waals surface area contributed by atoms with E-state index in [0.29, 0.717) is 17.5 Å². The molecule has 298 valence electrons. The lowest BCUT2D eigenvalue weighted by molar-refractivity contribution is 1.07. The minimum Gasteiger partial charge on any atom is -0.309 e. The lowest BCUT2D eigenvalue weighted by Crippen LogP contribution is -2.00. The number of benzene rings is 9. The number of nitrogens with zero attached hydrogens (tertiary/aromatic N) is 5. The number of para-hydroxylation sites is 2. The average molecular weight is 834 g/mol. The zero-order valence-electron chi connectivity index (χ0n) is 34.4. The number of hydrogen-bond donors (Lipinski definition) is 0. The van der Waals surface area contributed by atoms with Crippen molar-refractivity contribution in [3.05, 3.63) is 212 Å². The summed E-state index contributed by atoms with van der Waals surface area (Å²) >= 11 is 1.85. The highest BCUT2D eigenvalue weighted by molar-refractivity contribution is 7.26. The van der Waals surface area contributed by atoms with Crippen LogP contribution in [0, 0.1) is 0 Å². The first-order valence-electron chi connectivity index (χ1n) is 21.5. The van der Waals surface area contributed by atoms with Crippen molar-refractivity contribution >= 4 is 75.0 Å². The molecule has 0 bridgehead atoms. The summed E-state index contributed by atoms with van der Waals surface area (Å²) in [6.07, 6.45) is 0. The second kappa shape index (κ2) is 14.7. The molecule has 0 aliphatic carbocycles. The lowest BCUT2D eigenvalue weighted by atomic mass is 9.94. The fourth-order valence-electron chi connectivity index (χ4n) is 9.44. The van der Waals surface area contributed by atoms with Crippen molar-refractivity contribution in [2.45, 2.75) is 0 Å². The van der Waals surface area contributed by atoms with E-state index in [2.05, 4.69) is 199 Å². The Kier molecular flexibility index (Phi) is 8.32. The van der Waals surface area contributed by atoms with Crippen LogP contribution in [0.5, 0.6) is 0 Å². The largest absolute Gasteiger partial charge is 0.309 e. The van der Waals surface area contributed by atoms with Gasteiger partial charge in [0.25, 0.3) is 0 Å². The second-order valence-electron chi connectivity index (χ2n) is 16.2. The molecule has 4 aromatic heterocycles. The van der Waals surface area contributed by atoms with Gasteiger partial charge in [-0.1, -0.05) is 158 Å². The second-order valence-corrected chi connectivity index (χ2v) is 17.3. The van der Waals surface area contributed by atoms with E-state index < -0.39 is 0 Å². The van der Waals surface area contributed by atoms with Gasteiger partial charge in [0.05, 0.1) is 22.2 Å². The Hall–Kier alpha value is -8.32. The Bertz CT molecular complexity index is 3930. The van der Waals surface area contributed by atoms with Crippen molar-refractivity contribution in [1.29, 1.82) is 0 Å². The van der Waals surface area contributed by atoms with E-state index in [1.807, 2.05) is 29.5 Å². The van der Waals surface area contributed by atoms with E-state index in [-0.39, 0.29) is 0 Å². The number of pyridine rings is 1. The molecule has 5 nitrogen and oxygen atoms in total. The van der Waals surface area contributed by atoms with Gasteiger partial charge in [0.1, 0.15) is 0 Å². The van der Waals surface area contributed by atoms with Gasteiger partial charge in [0, 0.05) is 75.0 Å². The Morgan fingerprint density at radius 1 is 0.312 bits per heavy atom. The molecular weight excluding hydrogens is 799 g/mol. The predicted molar refractivity (Wildman–Crippen MR) is 267 cm³/mol. The molecule has 13 aromatic rings. The number of aromatic nitrogens is 5. The van der Waals surface area contributed by atoms with Crippen LogP contribution in [0.4, 0.5) is 0 Å². The third-order valence-electron chi connectivity index (χ3n) is 12.4. The molecule has 0 saturated carbocycles. The summed E-state index contributed by atoms with van der Waals surface area (Å²) in [6.45, 7) is 0. The van der Waals surface area contributed by atoms with Gasteiger partial charge in [-0.2, -0.15) is 0 Å². The van der Waals surface area contributed by atoms with Gasteiger partial charge in [0.2, 0.25) is 0 Å². The molecule has 0 unspecified atom stereocenters. The molecule has 0 N–H and O–H groups in total. The zero-order valence-corrected chi connectivity index (χ0v) is 35.2. The van der Waals surface area contributed by atoms with Crippen molar-refractivity contribution in [3.63, 3.8) is 0 Å². The molecular formula is C58H35N5S. The van der Waals surface area contributed by atoms with Crippen LogP contribution in [-0.2, 0) is 0 Å². The first-order chi connectivity index (χ1) is 31.7. The third kappa shape index (κ3) is 5.92. The molecule has 0 radical (unpaired) electrons. The smallest absolute Gasteiger partial charge is 0.164 e. The Morgan fingerprint density at radius 3 is 1.64 bits per heavy atom. The fraction of sp³-hybridized carbons (Fsp3) is 0. The summed E-state index contributed by atoms with van der Waals surface area (Å²) in [4.78, 5) is 20.7. The number of rotatable bonds is 6. The summed E-state index contributed by atoms with van der Waals surface area (Å²) in [5.74, 6) is 1.88. The van der Waals surface area contributed by atoms with Gasteiger partial charge in [-0.15, -0.1) is 11.3 Å². The SMILES string of the molecule is c1ccc(-c2nc(-c3ccc(-c4ccc5c(c4)nc(-c4ccccc4)c4ccc6sc7ccccc7c6c45)cc3)nc(-c3ccc4c(c3)c3ccccc3n4-c3ccccc3)n2)cc1. The maximum absolute atomic E-state index is 5.40. The summed E-state index contributed by atoms with van der Waals surface area (Å²) in [7, 11) is 0. The van der Waals surface area contributed by atoms with Crippen LogP contribution in [0.15, 0.2) is 212 Å². The van der Waals surface area contributed by atoms with Crippen LogP contribution in [0.1, 0.15) is 0 Å². The molecule has 0 aliphatic rings. The van der Waals surface area contributed by atoms with E-state index >= 15 is 0 Å². The Balaban J connectivity index is 0.932. The normalized spacial score (nSPS) is 11.8. The highest BCUT2D eigenvalue weighted by atomic mass is 32.1. The third-order valence-corrected chi connectivity index (χ3v) is 13.6. The van der Waals surface area contributed by atoms with Crippen LogP contribution < -0.4 is 0 Å². The van der Waals surface area contributed by atoms with E-state index in [4.69, 9.17) is 19.9 Å². The van der Waals surface area contributed by atoms with Crippen molar-refractivity contribution in [3.8, 4) is 62.2 Å². The van der Waals surface area contributed by atoms with Crippen molar-refractivity contribution in [2.24, 2.45) is 0 Å². The molecule has 0 aliphatic heterocycles. The zero-order chi connectivity index (χ0) is 42.1. The van der Waals surface area contributed by atoms with E-state index in [1.54, 1.807) is 0 Å². The highest BCUT2D eigenvalue weighted by Gasteiger charge is 2.19. The number of fused-ring (bicyclic) bond motifs is 10. The predicted octanol–water partition coefficient (Wildman–Crippen LogP) is 15.4. The van der Waals surface area contributed by atoms with Crippen LogP contribution in [-0.4, -0.2) is 24.5 Å². The molecule has 6 heteroatoms. The molecule has 0 amide bonds. The monoisotopic (exact) mass is 833 g/mol. The maximum Gasteiger partial charge on any atom is 0.164 e. The molecule has 64 heavy (non-hydrogen) atoms. The molecule has 0 spiro atoms. The van der Waals surface area contributed by atoms with Crippen LogP contribution in [0.2, 0.25) is 0 Å². The van der Waals surface area contributed by atoms with E-state index in [1.165, 1.54) is 30.9 Å². The summed E-state index contributed by atoms with van der Waals surface area (Å²) < 4.78 is 4.90. The first kappa shape index (κ1) is 36.3. The van der Waals surface area contributed by atoms with Gasteiger partial charge >= 0.3 is 0 Å². The summed E-state index contributed by atoms with van der Waals surface area (Å²) in [5.41, 5.74) is 11.4. The fourth-order valence-corrected chi connectivity index (χ4v) is 10.5. The lowest BCUT2D eigenvalue weighted by Gasteiger charge is -2.13. The first-order valence-corrected chi connectivity index (χ1v) is 22.3. The molecule has 4 heterocycles.